The Morgan fingerprint density at radius 2 is 2.00 bits per heavy atom. The van der Waals surface area contributed by atoms with E-state index in [9.17, 15) is 8.78 Å². The molecule has 0 aromatic carbocycles. The normalized spacial score (nSPS) is 45.4. The average Bonchev–Trinajstić information content (AvgIpc) is 2.74. The third kappa shape index (κ3) is 1.34. The van der Waals surface area contributed by atoms with Gasteiger partial charge in [0.2, 0.25) is 5.92 Å². The van der Waals surface area contributed by atoms with E-state index >= 15 is 0 Å². The van der Waals surface area contributed by atoms with Gasteiger partial charge in [-0.2, -0.15) is 0 Å². The summed E-state index contributed by atoms with van der Waals surface area (Å²) >= 11 is 0. The Hall–Kier alpha value is -0.220. The van der Waals surface area contributed by atoms with Crippen molar-refractivity contribution in [2.75, 3.05) is 6.54 Å². The molecule has 0 aromatic heterocycles. The molecule has 2 heterocycles. The second-order valence-corrected chi connectivity index (χ2v) is 5.49. The van der Waals surface area contributed by atoms with E-state index in [0.717, 1.165) is 19.3 Å². The van der Waals surface area contributed by atoms with Crippen LogP contribution in [0.2, 0.25) is 0 Å². The second-order valence-electron chi connectivity index (χ2n) is 5.49. The standard InChI is InChI=1S/C11H17F2NO/c12-11(13)4-10(5-11,6-14)8-3-7-1-2-9(8)15-7/h7-9H,1-6,14H2. The minimum Gasteiger partial charge on any atom is -0.375 e. The molecular weight excluding hydrogens is 200 g/mol. The minimum atomic E-state index is -2.47. The first-order chi connectivity index (χ1) is 7.05. The molecule has 1 aliphatic carbocycles. The van der Waals surface area contributed by atoms with Crippen LogP contribution in [-0.4, -0.2) is 24.7 Å². The van der Waals surface area contributed by atoms with Crippen LogP contribution in [0.25, 0.3) is 0 Å². The van der Waals surface area contributed by atoms with E-state index in [1.54, 1.807) is 0 Å². The highest BCUT2D eigenvalue weighted by atomic mass is 19.3. The molecule has 4 heteroatoms. The summed E-state index contributed by atoms with van der Waals surface area (Å²) in [4.78, 5) is 0. The summed E-state index contributed by atoms with van der Waals surface area (Å²) in [6.07, 6.45) is 3.62. The van der Waals surface area contributed by atoms with E-state index in [-0.39, 0.29) is 24.4 Å². The van der Waals surface area contributed by atoms with Gasteiger partial charge < -0.3 is 10.5 Å². The van der Waals surface area contributed by atoms with Gasteiger partial charge in [0.05, 0.1) is 12.2 Å². The fourth-order valence-corrected chi connectivity index (χ4v) is 3.82. The van der Waals surface area contributed by atoms with Crippen molar-refractivity contribution in [1.29, 1.82) is 0 Å². The molecule has 2 N–H and O–H groups in total. The minimum absolute atomic E-state index is 0.0201. The Kier molecular flexibility index (Phi) is 1.94. The predicted molar refractivity (Wildman–Crippen MR) is 51.7 cm³/mol. The summed E-state index contributed by atoms with van der Waals surface area (Å²) in [7, 11) is 0. The Labute approximate surface area is 88.2 Å². The van der Waals surface area contributed by atoms with Crippen molar-refractivity contribution in [3.63, 3.8) is 0 Å². The summed E-state index contributed by atoms with van der Waals surface area (Å²) in [5.74, 6) is -2.18. The first-order valence-electron chi connectivity index (χ1n) is 5.78. The molecule has 2 saturated heterocycles. The van der Waals surface area contributed by atoms with Crippen LogP contribution < -0.4 is 5.73 Å². The molecule has 2 aliphatic heterocycles. The Balaban J connectivity index is 1.76. The largest absolute Gasteiger partial charge is 0.375 e. The van der Waals surface area contributed by atoms with Gasteiger partial charge in [0, 0.05) is 12.8 Å². The highest BCUT2D eigenvalue weighted by molar-refractivity contribution is 5.08. The zero-order valence-electron chi connectivity index (χ0n) is 8.72. The van der Waals surface area contributed by atoms with Crippen LogP contribution in [0.15, 0.2) is 0 Å². The molecule has 3 aliphatic rings. The lowest BCUT2D eigenvalue weighted by Crippen LogP contribution is -2.56. The molecule has 3 rings (SSSR count). The molecule has 86 valence electrons. The molecule has 15 heavy (non-hydrogen) atoms. The summed E-state index contributed by atoms with van der Waals surface area (Å²) in [6.45, 7) is 0.389. The van der Waals surface area contributed by atoms with Crippen LogP contribution in [0, 0.1) is 11.3 Å². The number of fused-ring (bicyclic) bond motifs is 2. The molecule has 0 amide bonds. The molecule has 1 saturated carbocycles. The van der Waals surface area contributed by atoms with Crippen molar-refractivity contribution in [2.24, 2.45) is 17.1 Å². The van der Waals surface area contributed by atoms with Crippen LogP contribution in [0.1, 0.15) is 32.1 Å². The maximum absolute atomic E-state index is 13.0. The van der Waals surface area contributed by atoms with Crippen molar-refractivity contribution < 1.29 is 13.5 Å². The SMILES string of the molecule is NCC1(C2CC3CCC2O3)CC(F)(F)C1. The number of rotatable bonds is 2. The van der Waals surface area contributed by atoms with Crippen LogP contribution >= 0.6 is 0 Å². The monoisotopic (exact) mass is 217 g/mol. The molecule has 3 unspecified atom stereocenters. The van der Waals surface area contributed by atoms with Gasteiger partial charge in [-0.25, -0.2) is 8.78 Å². The number of halogens is 2. The van der Waals surface area contributed by atoms with Gasteiger partial charge in [-0.3, -0.25) is 0 Å². The summed E-state index contributed by atoms with van der Waals surface area (Å²) in [5.41, 5.74) is 5.40. The molecule has 0 aromatic rings. The van der Waals surface area contributed by atoms with Crippen molar-refractivity contribution in [3.8, 4) is 0 Å². The van der Waals surface area contributed by atoms with E-state index < -0.39 is 5.92 Å². The molecule has 3 fully saturated rings. The molecule has 2 bridgehead atoms. The van der Waals surface area contributed by atoms with E-state index in [1.165, 1.54) is 0 Å². The van der Waals surface area contributed by atoms with Gasteiger partial charge >= 0.3 is 0 Å². The lowest BCUT2D eigenvalue weighted by atomic mass is 9.56. The van der Waals surface area contributed by atoms with Gasteiger partial charge in [0.15, 0.2) is 0 Å². The van der Waals surface area contributed by atoms with Gasteiger partial charge in [-0.15, -0.1) is 0 Å². The third-order valence-electron chi connectivity index (χ3n) is 4.52. The van der Waals surface area contributed by atoms with E-state index in [2.05, 4.69) is 0 Å². The second kappa shape index (κ2) is 2.92. The lowest BCUT2D eigenvalue weighted by molar-refractivity contribution is -0.185. The Bertz CT molecular complexity index is 274. The van der Waals surface area contributed by atoms with Crippen LogP contribution in [-0.2, 0) is 4.74 Å². The number of alkyl halides is 2. The third-order valence-corrected chi connectivity index (χ3v) is 4.52. The van der Waals surface area contributed by atoms with Gasteiger partial charge in [0.25, 0.3) is 0 Å². The maximum Gasteiger partial charge on any atom is 0.249 e. The smallest absolute Gasteiger partial charge is 0.249 e. The van der Waals surface area contributed by atoms with Crippen molar-refractivity contribution >= 4 is 0 Å². The highest BCUT2D eigenvalue weighted by Gasteiger charge is 2.63. The highest BCUT2D eigenvalue weighted by Crippen LogP contribution is 2.61. The van der Waals surface area contributed by atoms with Crippen LogP contribution in [0.4, 0.5) is 8.78 Å². The van der Waals surface area contributed by atoms with Crippen LogP contribution in [0.3, 0.4) is 0 Å². The first kappa shape index (κ1) is 9.97. The zero-order valence-corrected chi connectivity index (χ0v) is 8.72. The van der Waals surface area contributed by atoms with Crippen molar-refractivity contribution in [1.82, 2.24) is 0 Å². The Morgan fingerprint density at radius 1 is 1.27 bits per heavy atom. The van der Waals surface area contributed by atoms with Crippen molar-refractivity contribution in [3.05, 3.63) is 0 Å². The zero-order chi connectivity index (χ0) is 10.7. The molecular formula is C11H17F2NO. The number of hydrogen-bond acceptors (Lipinski definition) is 2. The maximum atomic E-state index is 13.0. The predicted octanol–water partition coefficient (Wildman–Crippen LogP) is 1.93. The van der Waals surface area contributed by atoms with Gasteiger partial charge in [0.1, 0.15) is 0 Å². The lowest BCUT2D eigenvalue weighted by Gasteiger charge is -2.52. The quantitative estimate of drug-likeness (QED) is 0.767. The van der Waals surface area contributed by atoms with E-state index in [0.29, 0.717) is 18.6 Å². The Morgan fingerprint density at radius 3 is 2.40 bits per heavy atom. The van der Waals surface area contributed by atoms with Gasteiger partial charge in [-0.05, 0) is 37.1 Å². The molecule has 2 nitrogen and oxygen atoms in total. The summed E-state index contributed by atoms with van der Waals surface area (Å²) in [6, 6.07) is 0. The van der Waals surface area contributed by atoms with Crippen molar-refractivity contribution in [2.45, 2.75) is 50.2 Å². The van der Waals surface area contributed by atoms with E-state index in [4.69, 9.17) is 10.5 Å². The average molecular weight is 217 g/mol. The topological polar surface area (TPSA) is 35.2 Å². The fraction of sp³-hybridized carbons (Fsp3) is 1.00. The molecule has 0 spiro atoms. The molecule has 3 atom stereocenters. The number of ether oxygens (including phenoxy) is 1. The number of nitrogens with two attached hydrogens (primary N) is 1. The number of hydrogen-bond donors (Lipinski definition) is 1. The van der Waals surface area contributed by atoms with Crippen LogP contribution in [0.5, 0.6) is 0 Å². The van der Waals surface area contributed by atoms with E-state index in [1.807, 2.05) is 0 Å². The molecule has 0 radical (unpaired) electrons. The van der Waals surface area contributed by atoms with Gasteiger partial charge in [-0.1, -0.05) is 0 Å². The summed E-state index contributed by atoms with van der Waals surface area (Å²) < 4.78 is 31.8. The summed E-state index contributed by atoms with van der Waals surface area (Å²) in [5, 5.41) is 0. The fourth-order valence-electron chi connectivity index (χ4n) is 3.82. The first-order valence-corrected chi connectivity index (χ1v) is 5.78.